The molecular weight excluding hydrogens is 326 g/mol. The Hall–Kier alpha value is -3.15. The van der Waals surface area contributed by atoms with Gasteiger partial charge in [-0.3, -0.25) is 0 Å². The van der Waals surface area contributed by atoms with Crippen molar-refractivity contribution in [1.29, 1.82) is 0 Å². The van der Waals surface area contributed by atoms with E-state index in [9.17, 15) is 0 Å². The lowest BCUT2D eigenvalue weighted by Crippen LogP contribution is -2.30. The first-order chi connectivity index (χ1) is 12.9. The summed E-state index contributed by atoms with van der Waals surface area (Å²) in [5, 5.41) is 11.4. The van der Waals surface area contributed by atoms with Gasteiger partial charge in [0.25, 0.3) is 0 Å². The second-order valence-electron chi connectivity index (χ2n) is 6.25. The van der Waals surface area contributed by atoms with Crippen molar-refractivity contribution in [3.63, 3.8) is 0 Å². The maximum absolute atomic E-state index is 5.80. The summed E-state index contributed by atoms with van der Waals surface area (Å²) in [6.07, 6.45) is 5.43. The van der Waals surface area contributed by atoms with Gasteiger partial charge in [0, 0.05) is 18.8 Å². The molecule has 2 heterocycles. The summed E-state index contributed by atoms with van der Waals surface area (Å²) < 4.78 is 5.80. The predicted molar refractivity (Wildman–Crippen MR) is 102 cm³/mol. The van der Waals surface area contributed by atoms with Crippen LogP contribution in [0.5, 0.6) is 11.5 Å². The first-order valence-corrected chi connectivity index (χ1v) is 8.91. The Bertz CT molecular complexity index is 832. The molecule has 0 spiro atoms. The first kappa shape index (κ1) is 16.3. The molecule has 1 fully saturated rings. The van der Waals surface area contributed by atoms with Gasteiger partial charge in [-0.2, -0.15) is 10.1 Å². The van der Waals surface area contributed by atoms with E-state index >= 15 is 0 Å². The summed E-state index contributed by atoms with van der Waals surface area (Å²) in [5.74, 6) is 2.98. The lowest BCUT2D eigenvalue weighted by Gasteiger charge is -2.27. The van der Waals surface area contributed by atoms with E-state index < -0.39 is 0 Å². The minimum absolute atomic E-state index is 0.504. The van der Waals surface area contributed by atoms with Crippen molar-refractivity contribution in [3.8, 4) is 11.5 Å². The zero-order valence-corrected chi connectivity index (χ0v) is 14.5. The number of nitrogens with zero attached hydrogens (tertiary/aromatic N) is 4. The Morgan fingerprint density at radius 2 is 1.58 bits per heavy atom. The Labute approximate surface area is 152 Å². The minimum atomic E-state index is 0.504. The molecule has 0 saturated carbocycles. The van der Waals surface area contributed by atoms with Crippen LogP contribution in [0.15, 0.2) is 60.8 Å². The largest absolute Gasteiger partial charge is 0.457 e. The first-order valence-electron chi connectivity index (χ1n) is 8.91. The molecule has 0 atom stereocenters. The zero-order valence-electron chi connectivity index (χ0n) is 14.5. The fourth-order valence-corrected chi connectivity index (χ4v) is 2.98. The summed E-state index contributed by atoms with van der Waals surface area (Å²) in [6, 6.07) is 17.4. The van der Waals surface area contributed by atoms with Gasteiger partial charge in [-0.05, 0) is 55.7 Å². The Morgan fingerprint density at radius 3 is 2.35 bits per heavy atom. The van der Waals surface area contributed by atoms with Crippen molar-refractivity contribution in [1.82, 2.24) is 15.2 Å². The molecule has 1 aromatic heterocycles. The summed E-state index contributed by atoms with van der Waals surface area (Å²) in [6.45, 7) is 2.06. The standard InChI is InChI=1S/C20H21N5O/c1-3-7-17(8-4-1)26-18-11-9-16(10-12-18)22-20-23-19(15-21-24-20)25-13-5-2-6-14-25/h1,3-4,7-12,15H,2,5-6,13-14H2,(H,22,23,24). The van der Waals surface area contributed by atoms with E-state index in [0.717, 1.165) is 36.1 Å². The molecule has 1 aliphatic heterocycles. The van der Waals surface area contributed by atoms with E-state index in [-0.39, 0.29) is 0 Å². The molecule has 0 unspecified atom stereocenters. The summed E-state index contributed by atoms with van der Waals surface area (Å²) in [7, 11) is 0. The molecule has 0 aliphatic carbocycles. The normalized spacial score (nSPS) is 14.1. The van der Waals surface area contributed by atoms with E-state index in [1.165, 1.54) is 19.3 Å². The van der Waals surface area contributed by atoms with Crippen molar-refractivity contribution in [2.45, 2.75) is 19.3 Å². The van der Waals surface area contributed by atoms with Gasteiger partial charge >= 0.3 is 0 Å². The monoisotopic (exact) mass is 347 g/mol. The molecule has 4 rings (SSSR count). The maximum Gasteiger partial charge on any atom is 0.249 e. The average Bonchev–Trinajstić information content (AvgIpc) is 2.71. The SMILES string of the molecule is c1ccc(Oc2ccc(Nc3nncc(N4CCCCC4)n3)cc2)cc1. The molecule has 0 amide bonds. The minimum Gasteiger partial charge on any atom is -0.457 e. The van der Waals surface area contributed by atoms with Crippen LogP contribution in [-0.4, -0.2) is 28.3 Å². The van der Waals surface area contributed by atoms with E-state index in [4.69, 9.17) is 4.74 Å². The lowest BCUT2D eigenvalue weighted by atomic mass is 10.1. The second kappa shape index (κ2) is 7.82. The van der Waals surface area contributed by atoms with Crippen molar-refractivity contribution >= 4 is 17.5 Å². The van der Waals surface area contributed by atoms with Crippen LogP contribution in [0.1, 0.15) is 19.3 Å². The number of hydrogen-bond acceptors (Lipinski definition) is 6. The topological polar surface area (TPSA) is 63.2 Å². The highest BCUT2D eigenvalue weighted by atomic mass is 16.5. The Morgan fingerprint density at radius 1 is 0.846 bits per heavy atom. The van der Waals surface area contributed by atoms with Gasteiger partial charge in [-0.15, -0.1) is 5.10 Å². The van der Waals surface area contributed by atoms with Gasteiger partial charge in [0.1, 0.15) is 11.5 Å². The molecule has 0 radical (unpaired) electrons. The fraction of sp³-hybridized carbons (Fsp3) is 0.250. The third kappa shape index (κ3) is 4.08. The third-order valence-corrected chi connectivity index (χ3v) is 4.32. The summed E-state index contributed by atoms with van der Waals surface area (Å²) in [4.78, 5) is 6.86. The Balaban J connectivity index is 1.42. The number of ether oxygens (including phenoxy) is 1. The zero-order chi connectivity index (χ0) is 17.6. The third-order valence-electron chi connectivity index (χ3n) is 4.32. The van der Waals surface area contributed by atoms with E-state index in [0.29, 0.717) is 5.95 Å². The van der Waals surface area contributed by atoms with Crippen molar-refractivity contribution < 1.29 is 4.74 Å². The highest BCUT2D eigenvalue weighted by Crippen LogP contribution is 2.24. The molecule has 3 aromatic rings. The number of nitrogens with one attached hydrogen (secondary N) is 1. The van der Waals surface area contributed by atoms with Crippen LogP contribution >= 0.6 is 0 Å². The molecule has 0 bridgehead atoms. The highest BCUT2D eigenvalue weighted by molar-refractivity contribution is 5.55. The molecular formula is C20H21N5O. The number of rotatable bonds is 5. The van der Waals surface area contributed by atoms with Gasteiger partial charge in [-0.1, -0.05) is 18.2 Å². The molecule has 6 heteroatoms. The van der Waals surface area contributed by atoms with Crippen LogP contribution in [0, 0.1) is 0 Å². The van der Waals surface area contributed by atoms with Gasteiger partial charge in [-0.25, -0.2) is 0 Å². The molecule has 1 saturated heterocycles. The summed E-state index contributed by atoms with van der Waals surface area (Å²) >= 11 is 0. The van der Waals surface area contributed by atoms with E-state index in [1.807, 2.05) is 54.6 Å². The second-order valence-corrected chi connectivity index (χ2v) is 6.25. The van der Waals surface area contributed by atoms with Gasteiger partial charge in [0.15, 0.2) is 5.82 Å². The average molecular weight is 347 g/mol. The molecule has 1 N–H and O–H groups in total. The van der Waals surface area contributed by atoms with Gasteiger partial charge in [0.05, 0.1) is 6.20 Å². The van der Waals surface area contributed by atoms with Crippen LogP contribution in [0.3, 0.4) is 0 Å². The number of aromatic nitrogens is 3. The number of piperidine rings is 1. The predicted octanol–water partition coefficient (Wildman–Crippen LogP) is 4.40. The van der Waals surface area contributed by atoms with Gasteiger partial charge < -0.3 is 15.0 Å². The fourth-order valence-electron chi connectivity index (χ4n) is 2.98. The lowest BCUT2D eigenvalue weighted by molar-refractivity contribution is 0.483. The van der Waals surface area contributed by atoms with Gasteiger partial charge in [0.2, 0.25) is 5.95 Å². The highest BCUT2D eigenvalue weighted by Gasteiger charge is 2.13. The molecule has 6 nitrogen and oxygen atoms in total. The molecule has 26 heavy (non-hydrogen) atoms. The number of anilines is 3. The van der Waals surface area contributed by atoms with Crippen molar-refractivity contribution in [3.05, 3.63) is 60.8 Å². The Kier molecular flexibility index (Phi) is 4.91. The number of para-hydroxylation sites is 1. The van der Waals surface area contributed by atoms with Crippen LogP contribution in [0.25, 0.3) is 0 Å². The van der Waals surface area contributed by atoms with E-state index in [1.54, 1.807) is 6.20 Å². The van der Waals surface area contributed by atoms with Crippen LogP contribution < -0.4 is 15.0 Å². The van der Waals surface area contributed by atoms with Crippen LogP contribution in [0.2, 0.25) is 0 Å². The summed E-state index contributed by atoms with van der Waals surface area (Å²) in [5.41, 5.74) is 0.892. The molecule has 132 valence electrons. The maximum atomic E-state index is 5.80. The van der Waals surface area contributed by atoms with E-state index in [2.05, 4.69) is 25.4 Å². The quantitative estimate of drug-likeness (QED) is 0.738. The van der Waals surface area contributed by atoms with Crippen molar-refractivity contribution in [2.75, 3.05) is 23.3 Å². The molecule has 2 aromatic carbocycles. The van der Waals surface area contributed by atoms with Crippen LogP contribution in [0.4, 0.5) is 17.5 Å². The number of benzene rings is 2. The molecule has 1 aliphatic rings. The smallest absolute Gasteiger partial charge is 0.249 e. The number of hydrogen-bond donors (Lipinski definition) is 1. The van der Waals surface area contributed by atoms with Crippen LogP contribution in [-0.2, 0) is 0 Å². The van der Waals surface area contributed by atoms with Crippen molar-refractivity contribution in [2.24, 2.45) is 0 Å².